The minimum atomic E-state index is -0.556. The van der Waals surface area contributed by atoms with Crippen molar-refractivity contribution in [3.63, 3.8) is 0 Å². The number of carbonyl (C=O) groups is 2. The fourth-order valence-electron chi connectivity index (χ4n) is 1.88. The quantitative estimate of drug-likeness (QED) is 0.367. The minimum absolute atomic E-state index is 0.183. The molecule has 0 amide bonds. The topological polar surface area (TPSA) is 52.6 Å². The summed E-state index contributed by atoms with van der Waals surface area (Å²) in [6.45, 7) is 1.42. The first kappa shape index (κ1) is 15.5. The smallest absolute Gasteiger partial charge is 0.336 e. The van der Waals surface area contributed by atoms with E-state index < -0.39 is 5.97 Å². The van der Waals surface area contributed by atoms with Crippen molar-refractivity contribution in [2.45, 2.75) is 6.92 Å². The molecule has 0 saturated heterocycles. The second kappa shape index (κ2) is 7.22. The van der Waals surface area contributed by atoms with E-state index in [0.29, 0.717) is 11.3 Å². The standard InChI is InChI=1S/C18H16O4/c1-13(19)16-10-9-15(21-2)12-17(16)22-18(20)11-8-14-6-4-3-5-7-14/h3-12H,1-2H3. The van der Waals surface area contributed by atoms with Gasteiger partial charge in [0.15, 0.2) is 5.78 Å². The number of Topliss-reactive ketones (excluding diaryl/α,β-unsaturated/α-hetero) is 1. The SMILES string of the molecule is COc1ccc(C(C)=O)c(OC(=O)C=Cc2ccccc2)c1. The van der Waals surface area contributed by atoms with Crippen LogP contribution >= 0.6 is 0 Å². The van der Waals surface area contributed by atoms with E-state index in [4.69, 9.17) is 9.47 Å². The van der Waals surface area contributed by atoms with Crippen LogP contribution in [0.5, 0.6) is 11.5 Å². The van der Waals surface area contributed by atoms with E-state index in [1.165, 1.54) is 26.2 Å². The third-order valence-corrected chi connectivity index (χ3v) is 2.99. The molecule has 0 fully saturated rings. The van der Waals surface area contributed by atoms with Crippen molar-refractivity contribution >= 4 is 17.8 Å². The molecule has 2 aromatic rings. The van der Waals surface area contributed by atoms with E-state index in [2.05, 4.69) is 0 Å². The van der Waals surface area contributed by atoms with Crippen LogP contribution in [0.3, 0.4) is 0 Å². The normalized spacial score (nSPS) is 10.5. The van der Waals surface area contributed by atoms with Crippen LogP contribution in [0.4, 0.5) is 0 Å². The average Bonchev–Trinajstić information content (AvgIpc) is 2.53. The first-order valence-corrected chi connectivity index (χ1v) is 6.74. The lowest BCUT2D eigenvalue weighted by Crippen LogP contribution is -2.07. The van der Waals surface area contributed by atoms with E-state index in [1.54, 1.807) is 18.2 Å². The lowest BCUT2D eigenvalue weighted by molar-refractivity contribution is -0.128. The van der Waals surface area contributed by atoms with E-state index in [0.717, 1.165) is 5.56 Å². The second-order valence-corrected chi connectivity index (χ2v) is 4.58. The molecule has 22 heavy (non-hydrogen) atoms. The molecule has 0 aliphatic heterocycles. The van der Waals surface area contributed by atoms with Gasteiger partial charge >= 0.3 is 5.97 Å². The molecule has 0 unspecified atom stereocenters. The van der Waals surface area contributed by atoms with Gasteiger partial charge in [0.25, 0.3) is 0 Å². The Balaban J connectivity index is 2.17. The third-order valence-electron chi connectivity index (χ3n) is 2.99. The summed E-state index contributed by atoms with van der Waals surface area (Å²) in [5.41, 5.74) is 1.22. The Labute approximate surface area is 129 Å². The summed E-state index contributed by atoms with van der Waals surface area (Å²) in [7, 11) is 1.50. The van der Waals surface area contributed by atoms with Crippen LogP contribution in [-0.4, -0.2) is 18.9 Å². The molecule has 0 N–H and O–H groups in total. The summed E-state index contributed by atoms with van der Waals surface area (Å²) in [6, 6.07) is 14.1. The van der Waals surface area contributed by atoms with Crippen molar-refractivity contribution in [3.05, 3.63) is 65.7 Å². The Morgan fingerprint density at radius 2 is 1.77 bits per heavy atom. The van der Waals surface area contributed by atoms with Gasteiger partial charge in [-0.25, -0.2) is 4.79 Å². The molecule has 0 atom stereocenters. The Hall–Kier alpha value is -2.88. The maximum atomic E-state index is 11.9. The molecular formula is C18H16O4. The van der Waals surface area contributed by atoms with Crippen molar-refractivity contribution in [3.8, 4) is 11.5 Å². The highest BCUT2D eigenvalue weighted by atomic mass is 16.5. The van der Waals surface area contributed by atoms with Crippen molar-refractivity contribution in [2.24, 2.45) is 0 Å². The Morgan fingerprint density at radius 3 is 2.41 bits per heavy atom. The van der Waals surface area contributed by atoms with Gasteiger partial charge in [-0.15, -0.1) is 0 Å². The molecular weight excluding hydrogens is 280 g/mol. The molecule has 0 bridgehead atoms. The lowest BCUT2D eigenvalue weighted by Gasteiger charge is -2.08. The summed E-state index contributed by atoms with van der Waals surface area (Å²) in [5, 5.41) is 0. The van der Waals surface area contributed by atoms with Gasteiger partial charge in [0, 0.05) is 12.1 Å². The summed E-state index contributed by atoms with van der Waals surface area (Å²) < 4.78 is 10.3. The summed E-state index contributed by atoms with van der Waals surface area (Å²) in [4.78, 5) is 23.5. The molecule has 112 valence electrons. The summed E-state index contributed by atoms with van der Waals surface area (Å²) >= 11 is 0. The Bertz CT molecular complexity index is 702. The lowest BCUT2D eigenvalue weighted by atomic mass is 10.1. The number of hydrogen-bond donors (Lipinski definition) is 0. The Kier molecular flexibility index (Phi) is 5.09. The van der Waals surface area contributed by atoms with Gasteiger partial charge < -0.3 is 9.47 Å². The van der Waals surface area contributed by atoms with Crippen LogP contribution < -0.4 is 9.47 Å². The fourth-order valence-corrected chi connectivity index (χ4v) is 1.88. The number of ether oxygens (including phenoxy) is 2. The zero-order valence-electron chi connectivity index (χ0n) is 12.4. The molecule has 0 aliphatic rings. The number of rotatable bonds is 5. The van der Waals surface area contributed by atoms with E-state index >= 15 is 0 Å². The van der Waals surface area contributed by atoms with Gasteiger partial charge in [0.1, 0.15) is 11.5 Å². The van der Waals surface area contributed by atoms with Gasteiger partial charge in [0.05, 0.1) is 12.7 Å². The predicted molar refractivity (Wildman–Crippen MR) is 84.1 cm³/mol. The van der Waals surface area contributed by atoms with Gasteiger partial charge in [-0.1, -0.05) is 30.3 Å². The third kappa shape index (κ3) is 4.06. The predicted octanol–water partition coefficient (Wildman–Crippen LogP) is 3.52. The zero-order valence-corrected chi connectivity index (χ0v) is 12.4. The van der Waals surface area contributed by atoms with Crippen LogP contribution in [0.15, 0.2) is 54.6 Å². The van der Waals surface area contributed by atoms with Crippen molar-refractivity contribution in [1.82, 2.24) is 0 Å². The van der Waals surface area contributed by atoms with E-state index in [1.807, 2.05) is 30.3 Å². The molecule has 0 saturated carbocycles. The van der Waals surface area contributed by atoms with Gasteiger partial charge in [-0.2, -0.15) is 0 Å². The largest absolute Gasteiger partial charge is 0.497 e. The minimum Gasteiger partial charge on any atom is -0.497 e. The first-order chi connectivity index (χ1) is 10.6. The molecule has 0 heterocycles. The number of carbonyl (C=O) groups excluding carboxylic acids is 2. The van der Waals surface area contributed by atoms with Crippen LogP contribution in [0, 0.1) is 0 Å². The highest BCUT2D eigenvalue weighted by Crippen LogP contribution is 2.25. The van der Waals surface area contributed by atoms with Crippen LogP contribution in [0.1, 0.15) is 22.8 Å². The van der Waals surface area contributed by atoms with Crippen LogP contribution in [-0.2, 0) is 4.79 Å². The fraction of sp³-hybridized carbons (Fsp3) is 0.111. The average molecular weight is 296 g/mol. The highest BCUT2D eigenvalue weighted by molar-refractivity contribution is 5.98. The number of hydrogen-bond acceptors (Lipinski definition) is 4. The van der Waals surface area contributed by atoms with Crippen molar-refractivity contribution < 1.29 is 19.1 Å². The molecule has 0 radical (unpaired) electrons. The van der Waals surface area contributed by atoms with Gasteiger partial charge in [-0.05, 0) is 30.7 Å². The molecule has 0 aliphatic carbocycles. The second-order valence-electron chi connectivity index (χ2n) is 4.58. The van der Waals surface area contributed by atoms with Gasteiger partial charge in [-0.3, -0.25) is 4.79 Å². The van der Waals surface area contributed by atoms with Crippen molar-refractivity contribution in [1.29, 1.82) is 0 Å². The van der Waals surface area contributed by atoms with E-state index in [9.17, 15) is 9.59 Å². The molecule has 2 rings (SSSR count). The highest BCUT2D eigenvalue weighted by Gasteiger charge is 2.12. The monoisotopic (exact) mass is 296 g/mol. The van der Waals surface area contributed by atoms with Crippen LogP contribution in [0.25, 0.3) is 6.08 Å². The van der Waals surface area contributed by atoms with Crippen molar-refractivity contribution in [2.75, 3.05) is 7.11 Å². The molecule has 0 spiro atoms. The number of ketones is 1. The molecule has 0 aromatic heterocycles. The zero-order chi connectivity index (χ0) is 15.9. The number of benzene rings is 2. The molecule has 4 heteroatoms. The van der Waals surface area contributed by atoms with E-state index in [-0.39, 0.29) is 11.5 Å². The Morgan fingerprint density at radius 1 is 1.05 bits per heavy atom. The maximum Gasteiger partial charge on any atom is 0.336 e. The maximum absolute atomic E-state index is 11.9. The van der Waals surface area contributed by atoms with Gasteiger partial charge in [0.2, 0.25) is 0 Å². The molecule has 2 aromatic carbocycles. The number of esters is 1. The summed E-state index contributed by atoms with van der Waals surface area (Å²) in [6.07, 6.45) is 2.97. The van der Waals surface area contributed by atoms with Crippen LogP contribution in [0.2, 0.25) is 0 Å². The molecule has 4 nitrogen and oxygen atoms in total. The number of methoxy groups -OCH3 is 1. The summed E-state index contributed by atoms with van der Waals surface area (Å²) in [5.74, 6) is -0.0356. The first-order valence-electron chi connectivity index (χ1n) is 6.74.